The number of carbonyl (C=O) groups excluding carboxylic acids is 3. The Kier molecular flexibility index (Phi) is 10.1. The number of amides is 3. The zero-order valence-electron chi connectivity index (χ0n) is 26.1. The van der Waals surface area contributed by atoms with Crippen LogP contribution in [0.2, 0.25) is 0 Å². The molecule has 2 N–H and O–H groups in total. The molecule has 0 radical (unpaired) electrons. The van der Waals surface area contributed by atoms with E-state index >= 15 is 0 Å². The first-order valence-corrected chi connectivity index (χ1v) is 16.5. The van der Waals surface area contributed by atoms with E-state index in [2.05, 4.69) is 37.6 Å². The Hall–Kier alpha value is -3.76. The van der Waals surface area contributed by atoms with Crippen molar-refractivity contribution in [3.05, 3.63) is 72.4 Å². The van der Waals surface area contributed by atoms with Crippen LogP contribution in [-0.2, 0) is 25.5 Å². The number of hydrogen-bond donors (Lipinski definition) is 2. The highest BCUT2D eigenvalue weighted by Crippen LogP contribution is 2.36. The molecular formula is C35H46N6O4. The number of rotatable bonds is 5. The van der Waals surface area contributed by atoms with Gasteiger partial charge in [0.25, 0.3) is 0 Å². The predicted octanol–water partition coefficient (Wildman–Crippen LogP) is 2.41. The van der Waals surface area contributed by atoms with Crippen molar-refractivity contribution < 1.29 is 19.1 Å². The Morgan fingerprint density at radius 3 is 2.47 bits per heavy atom. The molecule has 10 heteroatoms. The van der Waals surface area contributed by atoms with Crippen LogP contribution in [0.4, 0.5) is 5.82 Å². The minimum absolute atomic E-state index is 0.0259. The topological polar surface area (TPSA) is 107 Å². The summed E-state index contributed by atoms with van der Waals surface area (Å²) in [5, 5.41) is 6.50. The number of anilines is 1. The van der Waals surface area contributed by atoms with Crippen LogP contribution in [0.25, 0.3) is 0 Å². The molecular weight excluding hydrogens is 568 g/mol. The molecule has 4 aliphatic heterocycles. The maximum atomic E-state index is 13.8. The zero-order valence-corrected chi connectivity index (χ0v) is 26.1. The molecule has 240 valence electrons. The van der Waals surface area contributed by atoms with Crippen molar-refractivity contribution in [2.45, 2.75) is 50.6 Å². The van der Waals surface area contributed by atoms with Crippen molar-refractivity contribution >= 4 is 23.5 Å². The monoisotopic (exact) mass is 614 g/mol. The van der Waals surface area contributed by atoms with Gasteiger partial charge in [0.15, 0.2) is 0 Å². The van der Waals surface area contributed by atoms with E-state index in [1.807, 2.05) is 53.4 Å². The predicted molar refractivity (Wildman–Crippen MR) is 172 cm³/mol. The van der Waals surface area contributed by atoms with Gasteiger partial charge in [-0.1, -0.05) is 48.6 Å². The molecule has 0 saturated carbocycles. The SMILES string of the molecule is O=C1N[C@@H]2CCN(CC(=O)N3CCN(c4ccccn4)CC3)C[C@@H]2C/C=C/CC2(CCOCC2)C(=O)N[C@H]1Cc1ccccc1. The molecule has 0 bridgehead atoms. The van der Waals surface area contributed by atoms with Gasteiger partial charge in [-0.3, -0.25) is 19.3 Å². The van der Waals surface area contributed by atoms with Crippen molar-refractivity contribution in [2.24, 2.45) is 11.3 Å². The van der Waals surface area contributed by atoms with Crippen molar-refractivity contribution in [1.29, 1.82) is 0 Å². The fourth-order valence-corrected chi connectivity index (χ4v) is 7.22. The third kappa shape index (κ3) is 7.73. The van der Waals surface area contributed by atoms with Crippen LogP contribution < -0.4 is 15.5 Å². The second-order valence-electron chi connectivity index (χ2n) is 13.0. The van der Waals surface area contributed by atoms with E-state index < -0.39 is 11.5 Å². The molecule has 1 aromatic carbocycles. The number of likely N-dealkylation sites (tertiary alicyclic amines) is 1. The average molecular weight is 615 g/mol. The Labute approximate surface area is 266 Å². The first-order valence-electron chi connectivity index (χ1n) is 16.5. The van der Waals surface area contributed by atoms with E-state index in [1.54, 1.807) is 6.20 Å². The van der Waals surface area contributed by atoms with Crippen molar-refractivity contribution in [3.63, 3.8) is 0 Å². The van der Waals surface area contributed by atoms with Crippen molar-refractivity contribution in [3.8, 4) is 0 Å². The van der Waals surface area contributed by atoms with Gasteiger partial charge in [0.1, 0.15) is 11.9 Å². The highest BCUT2D eigenvalue weighted by atomic mass is 16.5. The number of fused-ring (bicyclic) bond motifs is 1. The summed E-state index contributed by atoms with van der Waals surface area (Å²) in [5.74, 6) is 1.10. The highest BCUT2D eigenvalue weighted by molar-refractivity contribution is 5.90. The van der Waals surface area contributed by atoms with Crippen LogP contribution in [-0.4, -0.2) is 104 Å². The number of pyridine rings is 1. The quantitative estimate of drug-likeness (QED) is 0.499. The number of nitrogens with zero attached hydrogens (tertiary/aromatic N) is 4. The average Bonchev–Trinajstić information content (AvgIpc) is 3.08. The number of carbonyl (C=O) groups is 3. The molecule has 1 aromatic heterocycles. The first-order chi connectivity index (χ1) is 22.0. The molecule has 3 fully saturated rings. The summed E-state index contributed by atoms with van der Waals surface area (Å²) in [4.78, 5) is 51.9. The van der Waals surface area contributed by atoms with Crippen LogP contribution >= 0.6 is 0 Å². The zero-order chi connectivity index (χ0) is 31.1. The van der Waals surface area contributed by atoms with E-state index in [9.17, 15) is 14.4 Å². The van der Waals surface area contributed by atoms with Crippen LogP contribution in [0.1, 0.15) is 37.7 Å². The standard InChI is InChI=1S/C35H46N6O4/c42-32(41-20-18-40(19-21-41)31-11-5-7-16-36-31)26-39-17-12-29-28(25-39)10-4-6-13-35(14-22-45-23-15-35)34(44)38-30(33(43)37-29)24-27-8-2-1-3-9-27/h1-9,11,16,28-30H,10,12-15,17-26H2,(H,37,43)(H,38,44)/b6-4+/t28-,29+,30-/m0/s1. The number of aromatic nitrogens is 1. The molecule has 2 aromatic rings. The van der Waals surface area contributed by atoms with Gasteiger partial charge in [0.05, 0.1) is 12.0 Å². The van der Waals surface area contributed by atoms with Gasteiger partial charge in [-0.15, -0.1) is 0 Å². The summed E-state index contributed by atoms with van der Waals surface area (Å²) < 4.78 is 5.62. The Morgan fingerprint density at radius 1 is 0.933 bits per heavy atom. The number of piperidine rings is 1. The minimum atomic E-state index is -0.659. The van der Waals surface area contributed by atoms with Gasteiger partial charge < -0.3 is 25.2 Å². The van der Waals surface area contributed by atoms with E-state index in [0.29, 0.717) is 58.5 Å². The van der Waals surface area contributed by atoms with Crippen LogP contribution in [0.15, 0.2) is 66.9 Å². The number of hydrogen-bond acceptors (Lipinski definition) is 7. The summed E-state index contributed by atoms with van der Waals surface area (Å²) in [6.45, 7) is 5.89. The minimum Gasteiger partial charge on any atom is -0.381 e. The Morgan fingerprint density at radius 2 is 1.71 bits per heavy atom. The first kappa shape index (κ1) is 31.2. The lowest BCUT2D eigenvalue weighted by atomic mass is 9.75. The lowest BCUT2D eigenvalue weighted by Gasteiger charge is -2.41. The van der Waals surface area contributed by atoms with Crippen molar-refractivity contribution in [1.82, 2.24) is 25.4 Å². The molecule has 0 aliphatic carbocycles. The van der Waals surface area contributed by atoms with E-state index in [1.165, 1.54) is 0 Å². The molecule has 3 amide bonds. The fraction of sp³-hybridized carbons (Fsp3) is 0.543. The lowest BCUT2D eigenvalue weighted by molar-refractivity contribution is -0.140. The van der Waals surface area contributed by atoms with Gasteiger partial charge in [-0.25, -0.2) is 4.98 Å². The van der Waals surface area contributed by atoms with Gasteiger partial charge >= 0.3 is 0 Å². The van der Waals surface area contributed by atoms with E-state index in [0.717, 1.165) is 50.4 Å². The molecule has 0 unspecified atom stereocenters. The number of benzene rings is 1. The molecule has 6 rings (SSSR count). The number of ether oxygens (including phenoxy) is 1. The summed E-state index contributed by atoms with van der Waals surface area (Å²) in [5.41, 5.74) is 0.436. The molecule has 10 nitrogen and oxygen atoms in total. The van der Waals surface area contributed by atoms with E-state index in [-0.39, 0.29) is 29.7 Å². The number of piperazine rings is 1. The van der Waals surface area contributed by atoms with E-state index in [4.69, 9.17) is 4.74 Å². The second kappa shape index (κ2) is 14.6. The molecule has 3 atom stereocenters. The van der Waals surface area contributed by atoms with Gasteiger partial charge in [0.2, 0.25) is 17.7 Å². The van der Waals surface area contributed by atoms with Crippen LogP contribution in [0, 0.1) is 11.3 Å². The maximum absolute atomic E-state index is 13.8. The Bertz CT molecular complexity index is 1320. The van der Waals surface area contributed by atoms with Crippen molar-refractivity contribution in [2.75, 3.05) is 63.9 Å². The highest BCUT2D eigenvalue weighted by Gasteiger charge is 2.41. The molecule has 1 spiro atoms. The van der Waals surface area contributed by atoms with Crippen LogP contribution in [0.3, 0.4) is 0 Å². The third-order valence-corrected chi connectivity index (χ3v) is 10.1. The second-order valence-corrected chi connectivity index (χ2v) is 13.0. The van der Waals surface area contributed by atoms with Gasteiger partial charge in [-0.2, -0.15) is 0 Å². The summed E-state index contributed by atoms with van der Waals surface area (Å²) in [6.07, 6.45) is 10.0. The number of allylic oxidation sites excluding steroid dienone is 2. The molecule has 4 aliphatic rings. The molecule has 45 heavy (non-hydrogen) atoms. The largest absolute Gasteiger partial charge is 0.381 e. The summed E-state index contributed by atoms with van der Waals surface area (Å²) >= 11 is 0. The smallest absolute Gasteiger partial charge is 0.243 e. The molecule has 5 heterocycles. The van der Waals surface area contributed by atoms with Gasteiger partial charge in [0, 0.05) is 71.1 Å². The normalized spacial score (nSPS) is 27.0. The summed E-state index contributed by atoms with van der Waals surface area (Å²) in [6, 6.07) is 15.1. The fourth-order valence-electron chi connectivity index (χ4n) is 7.22. The van der Waals surface area contributed by atoms with Crippen LogP contribution in [0.5, 0.6) is 0 Å². The Balaban J connectivity index is 1.12. The third-order valence-electron chi connectivity index (χ3n) is 10.1. The lowest BCUT2D eigenvalue weighted by Crippen LogP contribution is -2.59. The summed E-state index contributed by atoms with van der Waals surface area (Å²) in [7, 11) is 0. The number of nitrogens with one attached hydrogen (secondary N) is 2. The maximum Gasteiger partial charge on any atom is 0.243 e. The van der Waals surface area contributed by atoms with Gasteiger partial charge in [-0.05, 0) is 55.7 Å². The molecule has 3 saturated heterocycles.